The van der Waals surface area contributed by atoms with E-state index in [4.69, 9.17) is 9.47 Å². The minimum Gasteiger partial charge on any atom is -0.508 e. The smallest absolute Gasteiger partial charge is 0.408 e. The second-order valence-electron chi connectivity index (χ2n) is 9.80. The van der Waals surface area contributed by atoms with Gasteiger partial charge in [0.1, 0.15) is 30.0 Å². The number of aromatic hydroxyl groups is 1. The summed E-state index contributed by atoms with van der Waals surface area (Å²) in [6.07, 6.45) is -0.678. The van der Waals surface area contributed by atoms with Gasteiger partial charge in [-0.3, -0.25) is 14.4 Å². The van der Waals surface area contributed by atoms with Gasteiger partial charge in [0.15, 0.2) is 0 Å². The van der Waals surface area contributed by atoms with Gasteiger partial charge in [-0.1, -0.05) is 26.0 Å². The molecule has 0 spiro atoms. The fourth-order valence-electron chi connectivity index (χ4n) is 3.50. The predicted octanol–water partition coefficient (Wildman–Crippen LogP) is 2.79. The van der Waals surface area contributed by atoms with Gasteiger partial charge in [0.25, 0.3) is 0 Å². The first-order chi connectivity index (χ1) is 17.3. The van der Waals surface area contributed by atoms with Crippen LogP contribution in [-0.4, -0.2) is 65.2 Å². The van der Waals surface area contributed by atoms with Gasteiger partial charge in [0, 0.05) is 6.54 Å². The molecule has 0 aliphatic heterocycles. The molecule has 11 heteroatoms. The summed E-state index contributed by atoms with van der Waals surface area (Å²) in [5.74, 6) is -2.00. The standard InChI is InChI=1S/C26H38N4O7/c1-7-36-21(32)11-13-28-23(33)22(18-9-8-10-19(31)16-18)30(14-12-27)24(34)20(15-17(2)3)29-25(35)37-26(4,5)6/h8-10,16-17,20,22,31H,7,11,13-15H2,1-6H3,(H,28,33)(H,29,35). The molecule has 1 aromatic carbocycles. The number of nitrogens with one attached hydrogen (secondary N) is 2. The van der Waals surface area contributed by atoms with Crippen LogP contribution in [0.15, 0.2) is 24.3 Å². The third kappa shape index (κ3) is 11.2. The molecule has 1 aromatic rings. The van der Waals surface area contributed by atoms with E-state index in [2.05, 4.69) is 10.6 Å². The number of hydrogen-bond acceptors (Lipinski definition) is 8. The van der Waals surface area contributed by atoms with E-state index in [0.29, 0.717) is 0 Å². The van der Waals surface area contributed by atoms with E-state index < -0.39 is 48.1 Å². The monoisotopic (exact) mass is 518 g/mol. The number of esters is 1. The largest absolute Gasteiger partial charge is 0.508 e. The molecule has 3 N–H and O–H groups in total. The number of nitrogens with zero attached hydrogens (tertiary/aromatic N) is 2. The highest BCUT2D eigenvalue weighted by Crippen LogP contribution is 2.26. The molecule has 0 bridgehead atoms. The van der Waals surface area contributed by atoms with Crippen molar-refractivity contribution < 1.29 is 33.8 Å². The van der Waals surface area contributed by atoms with E-state index in [1.165, 1.54) is 24.3 Å². The van der Waals surface area contributed by atoms with Crippen LogP contribution >= 0.6 is 0 Å². The van der Waals surface area contributed by atoms with Gasteiger partial charge in [-0.25, -0.2) is 4.79 Å². The van der Waals surface area contributed by atoms with Gasteiger partial charge in [-0.2, -0.15) is 5.26 Å². The number of carbonyl (C=O) groups excluding carboxylic acids is 4. The third-order valence-corrected chi connectivity index (χ3v) is 4.90. The Morgan fingerprint density at radius 2 is 1.86 bits per heavy atom. The summed E-state index contributed by atoms with van der Waals surface area (Å²) in [5.41, 5.74) is -0.553. The number of nitriles is 1. The van der Waals surface area contributed by atoms with Crippen LogP contribution in [0.2, 0.25) is 0 Å². The number of amides is 3. The molecule has 37 heavy (non-hydrogen) atoms. The number of alkyl carbamates (subject to hydrolysis) is 1. The lowest BCUT2D eigenvalue weighted by Crippen LogP contribution is -2.53. The van der Waals surface area contributed by atoms with Gasteiger partial charge in [-0.15, -0.1) is 0 Å². The van der Waals surface area contributed by atoms with Crippen LogP contribution in [0.5, 0.6) is 5.75 Å². The second kappa shape index (κ2) is 14.7. The normalized spacial score (nSPS) is 12.6. The molecule has 11 nitrogen and oxygen atoms in total. The summed E-state index contributed by atoms with van der Waals surface area (Å²) in [5, 5.41) is 24.7. The molecule has 1 rings (SSSR count). The van der Waals surface area contributed by atoms with E-state index in [1.807, 2.05) is 19.9 Å². The highest BCUT2D eigenvalue weighted by Gasteiger charge is 2.36. The number of hydrogen-bond donors (Lipinski definition) is 3. The van der Waals surface area contributed by atoms with Crippen LogP contribution in [0.3, 0.4) is 0 Å². The Labute approximate surface area is 218 Å². The first kappa shape index (κ1) is 31.2. The molecule has 0 heterocycles. The molecule has 0 aliphatic rings. The van der Waals surface area contributed by atoms with Gasteiger partial charge < -0.3 is 30.1 Å². The summed E-state index contributed by atoms with van der Waals surface area (Å²) in [7, 11) is 0. The van der Waals surface area contributed by atoms with Crippen molar-refractivity contribution in [1.82, 2.24) is 15.5 Å². The van der Waals surface area contributed by atoms with E-state index in [9.17, 15) is 29.5 Å². The number of phenols is 1. The lowest BCUT2D eigenvalue weighted by molar-refractivity contribution is -0.144. The van der Waals surface area contributed by atoms with Crippen molar-refractivity contribution in [2.45, 2.75) is 72.1 Å². The SMILES string of the molecule is CCOC(=O)CCNC(=O)C(c1cccc(O)c1)N(CC#N)C(=O)C(CC(C)C)NC(=O)OC(C)(C)C. The summed E-state index contributed by atoms with van der Waals surface area (Å²) in [6, 6.07) is 5.25. The Hall–Kier alpha value is -3.81. The highest BCUT2D eigenvalue weighted by atomic mass is 16.6. The molecule has 0 radical (unpaired) electrons. The molecule has 0 fully saturated rings. The Morgan fingerprint density at radius 1 is 1.19 bits per heavy atom. The molecule has 0 aromatic heterocycles. The summed E-state index contributed by atoms with van der Waals surface area (Å²) < 4.78 is 10.2. The number of benzene rings is 1. The average molecular weight is 519 g/mol. The quantitative estimate of drug-likeness (QED) is 0.281. The van der Waals surface area contributed by atoms with Crippen LogP contribution in [0.4, 0.5) is 4.79 Å². The van der Waals surface area contributed by atoms with E-state index in [1.54, 1.807) is 27.7 Å². The van der Waals surface area contributed by atoms with Gasteiger partial charge in [0.2, 0.25) is 11.8 Å². The lowest BCUT2D eigenvalue weighted by atomic mass is 9.99. The first-order valence-electron chi connectivity index (χ1n) is 12.2. The number of phenolic OH excluding ortho intramolecular Hbond substituents is 1. The van der Waals surface area contributed by atoms with Crippen LogP contribution in [0, 0.1) is 17.2 Å². The van der Waals surface area contributed by atoms with Crippen molar-refractivity contribution in [1.29, 1.82) is 5.26 Å². The first-order valence-corrected chi connectivity index (χ1v) is 12.2. The van der Waals surface area contributed by atoms with Crippen LogP contribution in [0.1, 0.15) is 66.0 Å². The zero-order valence-electron chi connectivity index (χ0n) is 22.4. The number of rotatable bonds is 12. The van der Waals surface area contributed by atoms with Crippen molar-refractivity contribution in [3.05, 3.63) is 29.8 Å². The summed E-state index contributed by atoms with van der Waals surface area (Å²) >= 11 is 0. The van der Waals surface area contributed by atoms with Gasteiger partial charge >= 0.3 is 12.1 Å². The zero-order chi connectivity index (χ0) is 28.2. The second-order valence-corrected chi connectivity index (χ2v) is 9.80. The van der Waals surface area contributed by atoms with Crippen molar-refractivity contribution >= 4 is 23.9 Å². The van der Waals surface area contributed by atoms with Crippen molar-refractivity contribution in [2.24, 2.45) is 5.92 Å². The molecule has 2 unspecified atom stereocenters. The Morgan fingerprint density at radius 3 is 2.41 bits per heavy atom. The molecule has 3 amide bonds. The maximum absolute atomic E-state index is 13.7. The minimum absolute atomic E-state index is 0.0227. The maximum Gasteiger partial charge on any atom is 0.408 e. The van der Waals surface area contributed by atoms with Crippen molar-refractivity contribution in [3.8, 4) is 11.8 Å². The van der Waals surface area contributed by atoms with Crippen LogP contribution < -0.4 is 10.6 Å². The lowest BCUT2D eigenvalue weighted by Gasteiger charge is -2.33. The molecular weight excluding hydrogens is 480 g/mol. The van der Waals surface area contributed by atoms with Crippen LogP contribution in [0.25, 0.3) is 0 Å². The third-order valence-electron chi connectivity index (χ3n) is 4.90. The molecule has 204 valence electrons. The molecule has 0 aliphatic carbocycles. The van der Waals surface area contributed by atoms with E-state index in [0.717, 1.165) is 4.90 Å². The Balaban J connectivity index is 3.35. The van der Waals surface area contributed by atoms with E-state index >= 15 is 0 Å². The Kier molecular flexibility index (Phi) is 12.4. The molecule has 0 saturated carbocycles. The summed E-state index contributed by atoms with van der Waals surface area (Å²) in [4.78, 5) is 52.2. The molecular formula is C26H38N4O7. The number of ether oxygens (including phenoxy) is 2. The summed E-state index contributed by atoms with van der Waals surface area (Å²) in [6.45, 7) is 10.1. The Bertz CT molecular complexity index is 982. The minimum atomic E-state index is -1.32. The van der Waals surface area contributed by atoms with E-state index in [-0.39, 0.29) is 43.2 Å². The molecule has 0 saturated heterocycles. The van der Waals surface area contributed by atoms with Crippen molar-refractivity contribution in [3.63, 3.8) is 0 Å². The number of carbonyl (C=O) groups is 4. The fraction of sp³-hybridized carbons (Fsp3) is 0.577. The van der Waals surface area contributed by atoms with Gasteiger partial charge in [0.05, 0.1) is 19.1 Å². The topological polar surface area (TPSA) is 158 Å². The average Bonchev–Trinajstić information content (AvgIpc) is 2.76. The van der Waals surface area contributed by atoms with Crippen LogP contribution in [-0.2, 0) is 23.9 Å². The van der Waals surface area contributed by atoms with Gasteiger partial charge in [-0.05, 0) is 57.7 Å². The van der Waals surface area contributed by atoms with Crippen molar-refractivity contribution in [2.75, 3.05) is 19.7 Å². The zero-order valence-corrected chi connectivity index (χ0v) is 22.4. The molecule has 2 atom stereocenters. The predicted molar refractivity (Wildman–Crippen MR) is 135 cm³/mol. The highest BCUT2D eigenvalue weighted by molar-refractivity contribution is 5.92. The fourth-order valence-corrected chi connectivity index (χ4v) is 3.50. The maximum atomic E-state index is 13.7.